The quantitative estimate of drug-likeness (QED) is 0.589. The Balaban J connectivity index is 2.21. The minimum absolute atomic E-state index is 0.103. The second kappa shape index (κ2) is 8.79. The number of benzene rings is 2. The SMILES string of the molecule is COc1ccc(OC)c(N/C=C(/C#N)C(=O)Nc2cc(Cl)ccc2C)c1. The van der Waals surface area contributed by atoms with Crippen molar-refractivity contribution in [2.75, 3.05) is 24.9 Å². The van der Waals surface area contributed by atoms with Crippen molar-refractivity contribution >= 4 is 28.9 Å². The molecule has 0 saturated carbocycles. The van der Waals surface area contributed by atoms with E-state index in [1.165, 1.54) is 13.3 Å². The lowest BCUT2D eigenvalue weighted by atomic mass is 10.2. The number of hydrogen-bond donors (Lipinski definition) is 2. The summed E-state index contributed by atoms with van der Waals surface area (Å²) in [6.07, 6.45) is 1.31. The molecule has 0 aliphatic heterocycles. The number of ether oxygens (including phenoxy) is 2. The summed E-state index contributed by atoms with van der Waals surface area (Å²) in [6.45, 7) is 1.83. The molecule has 6 nitrogen and oxygen atoms in total. The van der Waals surface area contributed by atoms with Gasteiger partial charge in [-0.15, -0.1) is 0 Å². The summed E-state index contributed by atoms with van der Waals surface area (Å²) in [6, 6.07) is 12.2. The van der Waals surface area contributed by atoms with Gasteiger partial charge in [-0.1, -0.05) is 17.7 Å². The Hall–Kier alpha value is -3.17. The van der Waals surface area contributed by atoms with Gasteiger partial charge in [0.1, 0.15) is 23.1 Å². The molecule has 0 aromatic heterocycles. The second-order valence-corrected chi connectivity index (χ2v) is 5.73. The van der Waals surface area contributed by atoms with E-state index in [-0.39, 0.29) is 5.57 Å². The summed E-state index contributed by atoms with van der Waals surface area (Å²) in [5.41, 5.74) is 1.84. The molecule has 2 aromatic carbocycles. The molecule has 7 heteroatoms. The molecular weight excluding hydrogens is 354 g/mol. The van der Waals surface area contributed by atoms with Gasteiger partial charge in [0.15, 0.2) is 0 Å². The van der Waals surface area contributed by atoms with E-state index in [2.05, 4.69) is 10.6 Å². The van der Waals surface area contributed by atoms with Gasteiger partial charge < -0.3 is 20.1 Å². The number of rotatable bonds is 6. The normalized spacial score (nSPS) is 10.7. The van der Waals surface area contributed by atoms with Crippen LogP contribution < -0.4 is 20.1 Å². The molecule has 2 N–H and O–H groups in total. The third kappa shape index (κ3) is 4.68. The summed E-state index contributed by atoms with van der Waals surface area (Å²) in [4.78, 5) is 12.4. The Morgan fingerprint density at radius 3 is 2.58 bits per heavy atom. The number of hydrogen-bond acceptors (Lipinski definition) is 5. The van der Waals surface area contributed by atoms with E-state index in [9.17, 15) is 10.1 Å². The molecule has 26 heavy (non-hydrogen) atoms. The summed E-state index contributed by atoms with van der Waals surface area (Å²) >= 11 is 5.95. The van der Waals surface area contributed by atoms with Gasteiger partial charge in [-0.05, 0) is 36.8 Å². The first-order valence-corrected chi connectivity index (χ1v) is 8.02. The van der Waals surface area contributed by atoms with Crippen molar-refractivity contribution in [3.8, 4) is 17.6 Å². The largest absolute Gasteiger partial charge is 0.497 e. The van der Waals surface area contributed by atoms with Crippen LogP contribution in [0.3, 0.4) is 0 Å². The smallest absolute Gasteiger partial charge is 0.267 e. The van der Waals surface area contributed by atoms with Gasteiger partial charge in [0.05, 0.1) is 19.9 Å². The Morgan fingerprint density at radius 1 is 1.15 bits per heavy atom. The number of carbonyl (C=O) groups excluding carboxylic acids is 1. The van der Waals surface area contributed by atoms with Crippen LogP contribution in [-0.4, -0.2) is 20.1 Å². The van der Waals surface area contributed by atoms with Gasteiger partial charge >= 0.3 is 0 Å². The van der Waals surface area contributed by atoms with Gasteiger partial charge in [-0.3, -0.25) is 4.79 Å². The molecule has 134 valence electrons. The van der Waals surface area contributed by atoms with Crippen molar-refractivity contribution in [2.45, 2.75) is 6.92 Å². The van der Waals surface area contributed by atoms with Crippen LogP contribution in [0.4, 0.5) is 11.4 Å². The molecule has 2 aromatic rings. The van der Waals surface area contributed by atoms with Gasteiger partial charge in [-0.25, -0.2) is 0 Å². The molecule has 2 rings (SSSR count). The molecule has 0 heterocycles. The average Bonchev–Trinajstić information content (AvgIpc) is 2.65. The highest BCUT2D eigenvalue weighted by Crippen LogP contribution is 2.29. The fourth-order valence-electron chi connectivity index (χ4n) is 2.14. The molecule has 0 bridgehead atoms. The average molecular weight is 372 g/mol. The van der Waals surface area contributed by atoms with Crippen molar-refractivity contribution in [1.29, 1.82) is 5.26 Å². The van der Waals surface area contributed by atoms with Crippen molar-refractivity contribution in [3.63, 3.8) is 0 Å². The summed E-state index contributed by atoms with van der Waals surface area (Å²) in [7, 11) is 3.07. The van der Waals surface area contributed by atoms with Crippen LogP contribution in [0.15, 0.2) is 48.2 Å². The molecule has 0 saturated heterocycles. The van der Waals surface area contributed by atoms with E-state index in [0.717, 1.165) is 5.56 Å². The minimum atomic E-state index is -0.549. The zero-order valence-electron chi connectivity index (χ0n) is 14.6. The number of methoxy groups -OCH3 is 2. The third-order valence-electron chi connectivity index (χ3n) is 3.59. The molecule has 0 spiro atoms. The fraction of sp³-hybridized carbons (Fsp3) is 0.158. The first-order valence-electron chi connectivity index (χ1n) is 7.64. The van der Waals surface area contributed by atoms with Gasteiger partial charge in [0.25, 0.3) is 5.91 Å². The van der Waals surface area contributed by atoms with E-state index in [1.807, 2.05) is 13.0 Å². The Morgan fingerprint density at radius 2 is 1.92 bits per heavy atom. The van der Waals surface area contributed by atoms with E-state index in [1.54, 1.807) is 43.5 Å². The van der Waals surface area contributed by atoms with E-state index >= 15 is 0 Å². The number of nitrogens with one attached hydrogen (secondary N) is 2. The Bertz CT molecular complexity index is 888. The number of carbonyl (C=O) groups is 1. The van der Waals surface area contributed by atoms with Crippen LogP contribution in [0, 0.1) is 18.3 Å². The van der Waals surface area contributed by atoms with Crippen LogP contribution in [0.1, 0.15) is 5.56 Å². The summed E-state index contributed by atoms with van der Waals surface area (Å²) < 4.78 is 10.4. The topological polar surface area (TPSA) is 83.4 Å². The first kappa shape index (κ1) is 19.2. The number of nitriles is 1. The number of amides is 1. The highest BCUT2D eigenvalue weighted by molar-refractivity contribution is 6.31. The summed E-state index contributed by atoms with van der Waals surface area (Å²) in [5.74, 6) is 0.608. The Kier molecular flexibility index (Phi) is 6.48. The van der Waals surface area contributed by atoms with Crippen molar-refractivity contribution in [3.05, 3.63) is 58.8 Å². The van der Waals surface area contributed by atoms with Crippen molar-refractivity contribution in [2.24, 2.45) is 0 Å². The van der Waals surface area contributed by atoms with E-state index in [4.69, 9.17) is 21.1 Å². The van der Waals surface area contributed by atoms with Crippen LogP contribution in [0.2, 0.25) is 5.02 Å². The Labute approximate surface area is 157 Å². The van der Waals surface area contributed by atoms with E-state index < -0.39 is 5.91 Å². The number of nitrogens with zero attached hydrogens (tertiary/aromatic N) is 1. The molecule has 1 amide bonds. The highest BCUT2D eigenvalue weighted by atomic mass is 35.5. The minimum Gasteiger partial charge on any atom is -0.497 e. The predicted octanol–water partition coefficient (Wildman–Crippen LogP) is 4.12. The van der Waals surface area contributed by atoms with Gasteiger partial charge in [0.2, 0.25) is 0 Å². The lowest BCUT2D eigenvalue weighted by molar-refractivity contribution is -0.112. The number of halogens is 1. The monoisotopic (exact) mass is 371 g/mol. The van der Waals surface area contributed by atoms with Gasteiger partial charge in [-0.2, -0.15) is 5.26 Å². The molecule has 0 fully saturated rings. The molecular formula is C19H18ClN3O3. The summed E-state index contributed by atoms with van der Waals surface area (Å²) in [5, 5.41) is 15.4. The zero-order valence-corrected chi connectivity index (χ0v) is 15.3. The van der Waals surface area contributed by atoms with E-state index in [0.29, 0.717) is 27.9 Å². The molecule has 0 aliphatic rings. The maximum absolute atomic E-state index is 12.4. The van der Waals surface area contributed by atoms with Crippen molar-refractivity contribution in [1.82, 2.24) is 0 Å². The maximum Gasteiger partial charge on any atom is 0.267 e. The zero-order chi connectivity index (χ0) is 19.1. The lowest BCUT2D eigenvalue weighted by Crippen LogP contribution is -2.15. The van der Waals surface area contributed by atoms with Crippen LogP contribution in [0.5, 0.6) is 11.5 Å². The van der Waals surface area contributed by atoms with Crippen LogP contribution in [0.25, 0.3) is 0 Å². The molecule has 0 atom stereocenters. The molecule has 0 aliphatic carbocycles. The fourth-order valence-corrected chi connectivity index (χ4v) is 2.32. The van der Waals surface area contributed by atoms with Gasteiger partial charge in [0, 0.05) is 23.0 Å². The standard InChI is InChI=1S/C19H18ClN3O3/c1-12-4-5-14(20)8-16(12)23-19(24)13(10-21)11-22-17-9-15(25-2)6-7-18(17)26-3/h4-9,11,22H,1-3H3,(H,23,24)/b13-11-. The lowest BCUT2D eigenvalue weighted by Gasteiger charge is -2.11. The molecule has 0 unspecified atom stereocenters. The maximum atomic E-state index is 12.4. The molecule has 0 radical (unpaired) electrons. The second-order valence-electron chi connectivity index (χ2n) is 5.29. The number of anilines is 2. The predicted molar refractivity (Wildman–Crippen MR) is 102 cm³/mol. The third-order valence-corrected chi connectivity index (χ3v) is 3.83. The van der Waals surface area contributed by atoms with Crippen LogP contribution in [-0.2, 0) is 4.79 Å². The van der Waals surface area contributed by atoms with Crippen LogP contribution >= 0.6 is 11.6 Å². The highest BCUT2D eigenvalue weighted by Gasteiger charge is 2.12. The number of aryl methyl sites for hydroxylation is 1. The first-order chi connectivity index (χ1) is 12.5. The van der Waals surface area contributed by atoms with Crippen molar-refractivity contribution < 1.29 is 14.3 Å².